The molecule has 1 aliphatic carbocycles. The van der Waals surface area contributed by atoms with Gasteiger partial charge in [-0.25, -0.2) is 4.79 Å². The molecule has 5 heteroatoms. The van der Waals surface area contributed by atoms with Crippen LogP contribution in [0.4, 0.5) is 10.5 Å². The fourth-order valence-electron chi connectivity index (χ4n) is 2.51. The third-order valence-electron chi connectivity index (χ3n) is 4.18. The summed E-state index contributed by atoms with van der Waals surface area (Å²) in [5.74, 6) is 1.56. The van der Waals surface area contributed by atoms with E-state index >= 15 is 0 Å². The molecule has 0 spiro atoms. The highest BCUT2D eigenvalue weighted by atomic mass is 16.5. The van der Waals surface area contributed by atoms with Crippen LogP contribution in [0.15, 0.2) is 48.5 Å². The van der Waals surface area contributed by atoms with E-state index in [1.165, 1.54) is 18.4 Å². The van der Waals surface area contributed by atoms with Crippen LogP contribution in [0.5, 0.6) is 5.75 Å². The van der Waals surface area contributed by atoms with Gasteiger partial charge in [0.1, 0.15) is 12.4 Å². The monoisotopic (exact) mass is 354 g/mol. The molecular formula is C21H26N2O3. The van der Waals surface area contributed by atoms with E-state index in [9.17, 15) is 4.79 Å². The molecule has 138 valence electrons. The molecule has 3 rings (SSSR count). The van der Waals surface area contributed by atoms with Gasteiger partial charge in [-0.3, -0.25) is 0 Å². The maximum atomic E-state index is 12.0. The first-order chi connectivity index (χ1) is 12.7. The van der Waals surface area contributed by atoms with Gasteiger partial charge in [0.05, 0.1) is 13.2 Å². The van der Waals surface area contributed by atoms with Crippen LogP contribution in [0.3, 0.4) is 0 Å². The molecule has 0 saturated heterocycles. The lowest BCUT2D eigenvalue weighted by Gasteiger charge is -2.10. The highest BCUT2D eigenvalue weighted by molar-refractivity contribution is 5.89. The Balaban J connectivity index is 1.35. The van der Waals surface area contributed by atoms with Crippen LogP contribution in [-0.4, -0.2) is 25.8 Å². The van der Waals surface area contributed by atoms with Crippen LogP contribution in [0.2, 0.25) is 0 Å². The van der Waals surface area contributed by atoms with Gasteiger partial charge in [-0.15, -0.1) is 0 Å². The summed E-state index contributed by atoms with van der Waals surface area (Å²) in [7, 11) is 0. The number of ether oxygens (including phenoxy) is 2. The van der Waals surface area contributed by atoms with Crippen molar-refractivity contribution in [3.05, 3.63) is 59.7 Å². The molecule has 2 aromatic carbocycles. The summed E-state index contributed by atoms with van der Waals surface area (Å²) in [6.45, 7) is 4.30. The van der Waals surface area contributed by atoms with Crippen LogP contribution in [0.1, 0.15) is 24.0 Å². The molecule has 2 aromatic rings. The fourth-order valence-corrected chi connectivity index (χ4v) is 2.51. The number of amides is 2. The second-order valence-corrected chi connectivity index (χ2v) is 6.70. The maximum Gasteiger partial charge on any atom is 0.319 e. The van der Waals surface area contributed by atoms with Gasteiger partial charge in [0.2, 0.25) is 0 Å². The van der Waals surface area contributed by atoms with Crippen molar-refractivity contribution in [2.45, 2.75) is 26.4 Å². The quantitative estimate of drug-likeness (QED) is 0.666. The number of anilines is 1. The minimum absolute atomic E-state index is 0.242. The largest absolute Gasteiger partial charge is 0.492 e. The Hall–Kier alpha value is -2.53. The average molecular weight is 354 g/mol. The lowest BCUT2D eigenvalue weighted by molar-refractivity contribution is 0.111. The highest BCUT2D eigenvalue weighted by Crippen LogP contribution is 2.29. The number of benzene rings is 2. The van der Waals surface area contributed by atoms with Crippen molar-refractivity contribution < 1.29 is 14.3 Å². The van der Waals surface area contributed by atoms with Gasteiger partial charge in [-0.05, 0) is 55.5 Å². The third-order valence-corrected chi connectivity index (χ3v) is 4.18. The molecule has 0 aromatic heterocycles. The number of aryl methyl sites for hydroxylation is 1. The molecule has 0 bridgehead atoms. The molecule has 5 nitrogen and oxygen atoms in total. The molecule has 1 aliphatic rings. The van der Waals surface area contributed by atoms with Crippen molar-refractivity contribution in [1.82, 2.24) is 5.32 Å². The molecule has 0 atom stereocenters. The highest BCUT2D eigenvalue weighted by Gasteiger charge is 2.20. The molecular weight excluding hydrogens is 328 g/mol. The van der Waals surface area contributed by atoms with Gasteiger partial charge in [-0.2, -0.15) is 0 Å². The predicted molar refractivity (Wildman–Crippen MR) is 103 cm³/mol. The standard InChI is InChI=1S/C21H26N2O3/c1-16-5-9-20(10-6-16)26-12-11-22-21(24)23-19-4-2-3-18(13-19)15-25-14-17-7-8-17/h2-6,9-10,13,17H,7-8,11-12,14-15H2,1H3,(H2,22,23,24). The Morgan fingerprint density at radius 2 is 1.96 bits per heavy atom. The number of carbonyl (C=O) groups is 1. The van der Waals surface area contributed by atoms with E-state index in [-0.39, 0.29) is 6.03 Å². The van der Waals surface area contributed by atoms with E-state index in [0.717, 1.165) is 29.5 Å². The Labute approximate surface area is 154 Å². The number of nitrogens with one attached hydrogen (secondary N) is 2. The van der Waals surface area contributed by atoms with Crippen LogP contribution >= 0.6 is 0 Å². The van der Waals surface area contributed by atoms with E-state index in [1.54, 1.807) is 0 Å². The number of hydrogen-bond donors (Lipinski definition) is 2. The zero-order chi connectivity index (χ0) is 18.2. The van der Waals surface area contributed by atoms with Gasteiger partial charge in [0, 0.05) is 12.3 Å². The third kappa shape index (κ3) is 6.41. The Kier molecular flexibility index (Phi) is 6.50. The first kappa shape index (κ1) is 18.3. The molecule has 0 radical (unpaired) electrons. The average Bonchev–Trinajstić information content (AvgIpc) is 3.45. The summed E-state index contributed by atoms with van der Waals surface area (Å²) >= 11 is 0. The van der Waals surface area contributed by atoms with Crippen molar-refractivity contribution >= 4 is 11.7 Å². The number of rotatable bonds is 9. The van der Waals surface area contributed by atoms with E-state index < -0.39 is 0 Å². The molecule has 26 heavy (non-hydrogen) atoms. The fraction of sp³-hybridized carbons (Fsp3) is 0.381. The Morgan fingerprint density at radius 3 is 2.73 bits per heavy atom. The van der Waals surface area contributed by atoms with Gasteiger partial charge in [0.15, 0.2) is 0 Å². The molecule has 0 heterocycles. The van der Waals surface area contributed by atoms with Gasteiger partial charge in [0.25, 0.3) is 0 Å². The van der Waals surface area contributed by atoms with Crippen molar-refractivity contribution in [3.63, 3.8) is 0 Å². The van der Waals surface area contributed by atoms with Gasteiger partial charge in [-0.1, -0.05) is 29.8 Å². The Morgan fingerprint density at radius 1 is 1.15 bits per heavy atom. The van der Waals surface area contributed by atoms with E-state index in [4.69, 9.17) is 9.47 Å². The summed E-state index contributed by atoms with van der Waals surface area (Å²) in [4.78, 5) is 12.0. The van der Waals surface area contributed by atoms with Crippen molar-refractivity contribution in [1.29, 1.82) is 0 Å². The van der Waals surface area contributed by atoms with E-state index in [1.807, 2.05) is 55.5 Å². The molecule has 2 amide bonds. The normalized spacial score (nSPS) is 13.3. The van der Waals surface area contributed by atoms with Crippen molar-refractivity contribution in [2.75, 3.05) is 25.1 Å². The maximum absolute atomic E-state index is 12.0. The van der Waals surface area contributed by atoms with Gasteiger partial charge < -0.3 is 20.1 Å². The number of carbonyl (C=O) groups excluding carboxylic acids is 1. The minimum Gasteiger partial charge on any atom is -0.492 e. The van der Waals surface area contributed by atoms with Crippen LogP contribution in [0, 0.1) is 12.8 Å². The predicted octanol–water partition coefficient (Wildman–Crippen LogP) is 4.12. The zero-order valence-electron chi connectivity index (χ0n) is 15.2. The minimum atomic E-state index is -0.242. The molecule has 1 saturated carbocycles. The van der Waals surface area contributed by atoms with Crippen molar-refractivity contribution in [2.24, 2.45) is 5.92 Å². The summed E-state index contributed by atoms with van der Waals surface area (Å²) in [5, 5.41) is 5.63. The smallest absolute Gasteiger partial charge is 0.319 e. The van der Waals surface area contributed by atoms with Gasteiger partial charge >= 0.3 is 6.03 Å². The van der Waals surface area contributed by atoms with E-state index in [0.29, 0.717) is 19.8 Å². The zero-order valence-corrected chi connectivity index (χ0v) is 15.2. The lowest BCUT2D eigenvalue weighted by Crippen LogP contribution is -2.32. The Bertz CT molecular complexity index is 711. The first-order valence-corrected chi connectivity index (χ1v) is 9.10. The molecule has 0 aliphatic heterocycles. The van der Waals surface area contributed by atoms with Crippen molar-refractivity contribution in [3.8, 4) is 5.75 Å². The van der Waals surface area contributed by atoms with Crippen LogP contribution < -0.4 is 15.4 Å². The number of hydrogen-bond acceptors (Lipinski definition) is 3. The molecule has 1 fully saturated rings. The summed E-state index contributed by atoms with van der Waals surface area (Å²) < 4.78 is 11.3. The first-order valence-electron chi connectivity index (χ1n) is 9.10. The summed E-state index contributed by atoms with van der Waals surface area (Å²) in [5.41, 5.74) is 3.01. The molecule has 2 N–H and O–H groups in total. The SMILES string of the molecule is Cc1ccc(OCCNC(=O)Nc2cccc(COCC3CC3)c2)cc1. The van der Waals surface area contributed by atoms with E-state index in [2.05, 4.69) is 10.6 Å². The lowest BCUT2D eigenvalue weighted by atomic mass is 10.2. The second kappa shape index (κ2) is 9.25. The summed E-state index contributed by atoms with van der Waals surface area (Å²) in [6.07, 6.45) is 2.57. The second-order valence-electron chi connectivity index (χ2n) is 6.70. The molecule has 0 unspecified atom stereocenters. The topological polar surface area (TPSA) is 59.6 Å². The van der Waals surface area contributed by atoms with Crippen LogP contribution in [0.25, 0.3) is 0 Å². The number of urea groups is 1. The van der Waals surface area contributed by atoms with Crippen LogP contribution in [-0.2, 0) is 11.3 Å². The summed E-state index contributed by atoms with van der Waals surface area (Å²) in [6, 6.07) is 15.3.